The summed E-state index contributed by atoms with van der Waals surface area (Å²) in [5.41, 5.74) is 0.929. The molecule has 4 saturated carbocycles. The summed E-state index contributed by atoms with van der Waals surface area (Å²) >= 11 is 0. The quantitative estimate of drug-likeness (QED) is 0.614. The second kappa shape index (κ2) is 4.97. The zero-order valence-corrected chi connectivity index (χ0v) is 15.1. The Kier molecular flexibility index (Phi) is 3.29. The van der Waals surface area contributed by atoms with E-state index in [0.29, 0.717) is 5.41 Å². The van der Waals surface area contributed by atoms with Crippen LogP contribution in [-0.4, -0.2) is 19.0 Å². The lowest BCUT2D eigenvalue weighted by atomic mass is 9.45. The molecular formula is C21H34O2. The highest BCUT2D eigenvalue weighted by atomic mass is 16.7. The number of ether oxygens (including phenoxy) is 2. The van der Waals surface area contributed by atoms with Gasteiger partial charge in [0, 0.05) is 11.8 Å². The lowest BCUT2D eigenvalue weighted by Crippen LogP contribution is -2.56. The highest BCUT2D eigenvalue weighted by molar-refractivity contribution is 5.12. The van der Waals surface area contributed by atoms with Crippen molar-refractivity contribution in [1.29, 1.82) is 0 Å². The zero-order chi connectivity index (χ0) is 15.7. The van der Waals surface area contributed by atoms with Crippen molar-refractivity contribution in [3.8, 4) is 0 Å². The lowest BCUT2D eigenvalue weighted by molar-refractivity contribution is -0.247. The summed E-state index contributed by atoms with van der Waals surface area (Å²) in [6, 6.07) is 0. The summed E-state index contributed by atoms with van der Waals surface area (Å²) in [5.74, 6) is 3.58. The molecule has 5 fully saturated rings. The van der Waals surface area contributed by atoms with Crippen LogP contribution in [0.3, 0.4) is 0 Å². The van der Waals surface area contributed by atoms with E-state index in [-0.39, 0.29) is 11.2 Å². The molecule has 130 valence electrons. The van der Waals surface area contributed by atoms with Crippen LogP contribution in [0.1, 0.15) is 78.1 Å². The van der Waals surface area contributed by atoms with Crippen molar-refractivity contribution in [2.24, 2.45) is 34.5 Å². The smallest absolute Gasteiger partial charge is 0.174 e. The predicted molar refractivity (Wildman–Crippen MR) is 91.0 cm³/mol. The molecule has 1 heterocycles. The van der Waals surface area contributed by atoms with Gasteiger partial charge in [-0.15, -0.1) is 0 Å². The second-order valence-electron chi connectivity index (χ2n) is 9.85. The van der Waals surface area contributed by atoms with Crippen LogP contribution in [0.25, 0.3) is 0 Å². The Bertz CT molecular complexity index is 482. The highest BCUT2D eigenvalue weighted by Crippen LogP contribution is 2.69. The fourth-order valence-corrected chi connectivity index (χ4v) is 8.18. The first-order valence-corrected chi connectivity index (χ1v) is 10.4. The van der Waals surface area contributed by atoms with E-state index in [2.05, 4.69) is 13.8 Å². The molecule has 2 nitrogen and oxygen atoms in total. The third-order valence-corrected chi connectivity index (χ3v) is 9.38. The van der Waals surface area contributed by atoms with Gasteiger partial charge < -0.3 is 9.47 Å². The molecule has 23 heavy (non-hydrogen) atoms. The van der Waals surface area contributed by atoms with Crippen molar-refractivity contribution < 1.29 is 9.47 Å². The molecule has 5 aliphatic rings. The van der Waals surface area contributed by atoms with Gasteiger partial charge in [0.25, 0.3) is 0 Å². The third kappa shape index (κ3) is 1.83. The molecule has 0 aromatic carbocycles. The van der Waals surface area contributed by atoms with Gasteiger partial charge in [0.15, 0.2) is 5.79 Å². The van der Waals surface area contributed by atoms with Gasteiger partial charge in [0.1, 0.15) is 0 Å². The summed E-state index contributed by atoms with van der Waals surface area (Å²) in [4.78, 5) is 0. The first kappa shape index (κ1) is 15.2. The monoisotopic (exact) mass is 318 g/mol. The molecule has 0 aromatic rings. The third-order valence-electron chi connectivity index (χ3n) is 9.38. The Morgan fingerprint density at radius 1 is 0.739 bits per heavy atom. The van der Waals surface area contributed by atoms with Gasteiger partial charge in [-0.3, -0.25) is 0 Å². The predicted octanol–water partition coefficient (Wildman–Crippen LogP) is 5.16. The topological polar surface area (TPSA) is 18.5 Å². The van der Waals surface area contributed by atoms with Crippen LogP contribution in [0.15, 0.2) is 0 Å². The molecule has 1 aliphatic heterocycles. The molecule has 0 bridgehead atoms. The fourth-order valence-electron chi connectivity index (χ4n) is 8.18. The molecule has 2 heteroatoms. The van der Waals surface area contributed by atoms with Crippen LogP contribution < -0.4 is 0 Å². The average Bonchev–Trinajstić information content (AvgIpc) is 3.14. The Labute approximate surface area is 141 Å². The molecule has 0 amide bonds. The van der Waals surface area contributed by atoms with E-state index in [4.69, 9.17) is 9.47 Å². The van der Waals surface area contributed by atoms with Gasteiger partial charge in [-0.1, -0.05) is 26.7 Å². The molecular weight excluding hydrogens is 284 g/mol. The Morgan fingerprint density at radius 3 is 2.35 bits per heavy atom. The summed E-state index contributed by atoms with van der Waals surface area (Å²) in [6.45, 7) is 6.82. The highest BCUT2D eigenvalue weighted by Gasteiger charge is 2.66. The minimum absolute atomic E-state index is 0.215. The molecule has 1 spiro atoms. The average molecular weight is 319 g/mol. The molecule has 4 aliphatic carbocycles. The maximum atomic E-state index is 6.26. The number of fused-ring (bicyclic) bond motifs is 6. The van der Waals surface area contributed by atoms with Crippen LogP contribution in [0.5, 0.6) is 0 Å². The zero-order valence-electron chi connectivity index (χ0n) is 15.1. The van der Waals surface area contributed by atoms with Crippen LogP contribution in [0.4, 0.5) is 0 Å². The van der Waals surface area contributed by atoms with Crippen molar-refractivity contribution in [2.75, 3.05) is 13.2 Å². The molecule has 3 unspecified atom stereocenters. The normalized spacial score (nSPS) is 54.5. The fraction of sp³-hybridized carbons (Fsp3) is 1.00. The number of hydrogen-bond donors (Lipinski definition) is 0. The Balaban J connectivity index is 1.47. The second-order valence-corrected chi connectivity index (χ2v) is 9.85. The van der Waals surface area contributed by atoms with E-state index >= 15 is 0 Å². The minimum atomic E-state index is -0.215. The first-order chi connectivity index (χ1) is 11.1. The molecule has 5 rings (SSSR count). The molecule has 0 N–H and O–H groups in total. The standard InChI is InChI=1S/C21H34O2/c1-19-10-4-3-5-15(19)6-7-16-17(19)8-11-20(2)18(16)9-12-21(20)22-13-14-23-21/h15-18H,3-14H2,1-2H3/t15-,16?,17?,18?,19+,20+/m1/s1. The molecule has 0 radical (unpaired) electrons. The summed E-state index contributed by atoms with van der Waals surface area (Å²) in [6.07, 6.45) is 14.2. The van der Waals surface area contributed by atoms with Gasteiger partial charge in [-0.05, 0) is 74.0 Å². The van der Waals surface area contributed by atoms with Crippen molar-refractivity contribution in [2.45, 2.75) is 83.8 Å². The molecule has 6 atom stereocenters. The van der Waals surface area contributed by atoms with Crippen molar-refractivity contribution in [1.82, 2.24) is 0 Å². The van der Waals surface area contributed by atoms with Gasteiger partial charge >= 0.3 is 0 Å². The Morgan fingerprint density at radius 2 is 1.52 bits per heavy atom. The van der Waals surface area contributed by atoms with Crippen molar-refractivity contribution in [3.05, 3.63) is 0 Å². The summed E-state index contributed by atoms with van der Waals surface area (Å²) < 4.78 is 12.5. The van der Waals surface area contributed by atoms with Crippen LogP contribution in [0.2, 0.25) is 0 Å². The van der Waals surface area contributed by atoms with Crippen LogP contribution in [0, 0.1) is 34.5 Å². The Hall–Kier alpha value is -0.0800. The van der Waals surface area contributed by atoms with Crippen molar-refractivity contribution >= 4 is 0 Å². The minimum Gasteiger partial charge on any atom is -0.347 e. The van der Waals surface area contributed by atoms with Gasteiger partial charge in [0.05, 0.1) is 13.2 Å². The van der Waals surface area contributed by atoms with Crippen molar-refractivity contribution in [3.63, 3.8) is 0 Å². The van der Waals surface area contributed by atoms with Gasteiger partial charge in [-0.25, -0.2) is 0 Å². The van der Waals surface area contributed by atoms with E-state index in [9.17, 15) is 0 Å². The maximum absolute atomic E-state index is 6.26. The number of hydrogen-bond acceptors (Lipinski definition) is 2. The SMILES string of the molecule is C[C@]12CCC3C(CC[C@H]4CCCC[C@]34C)C1CCC21OCCO1. The largest absolute Gasteiger partial charge is 0.347 e. The molecule has 0 aromatic heterocycles. The van der Waals surface area contributed by atoms with E-state index in [1.807, 2.05) is 0 Å². The summed E-state index contributed by atoms with van der Waals surface area (Å²) in [5, 5.41) is 0. The molecule has 1 saturated heterocycles. The van der Waals surface area contributed by atoms with E-state index in [1.165, 1.54) is 57.8 Å². The maximum Gasteiger partial charge on any atom is 0.174 e. The number of rotatable bonds is 0. The first-order valence-electron chi connectivity index (χ1n) is 10.4. The van der Waals surface area contributed by atoms with Crippen LogP contribution >= 0.6 is 0 Å². The van der Waals surface area contributed by atoms with Crippen LogP contribution in [-0.2, 0) is 9.47 Å². The van der Waals surface area contributed by atoms with E-state index < -0.39 is 0 Å². The van der Waals surface area contributed by atoms with Gasteiger partial charge in [0.2, 0.25) is 0 Å². The lowest BCUT2D eigenvalue weighted by Gasteiger charge is -2.61. The van der Waals surface area contributed by atoms with E-state index in [1.54, 1.807) is 0 Å². The summed E-state index contributed by atoms with van der Waals surface area (Å²) in [7, 11) is 0. The van der Waals surface area contributed by atoms with E-state index in [0.717, 1.165) is 43.3 Å². The van der Waals surface area contributed by atoms with Gasteiger partial charge in [-0.2, -0.15) is 0 Å².